The van der Waals surface area contributed by atoms with Gasteiger partial charge in [0.15, 0.2) is 11.5 Å². The molecule has 0 spiro atoms. The molecule has 0 bridgehead atoms. The first-order valence-corrected chi connectivity index (χ1v) is 11.5. The normalized spacial score (nSPS) is 14.2. The van der Waals surface area contributed by atoms with Gasteiger partial charge in [-0.05, 0) is 62.1 Å². The monoisotopic (exact) mass is 454 g/mol. The van der Waals surface area contributed by atoms with Crippen molar-refractivity contribution in [2.45, 2.75) is 58.7 Å². The highest BCUT2D eigenvalue weighted by molar-refractivity contribution is 5.87. The van der Waals surface area contributed by atoms with E-state index >= 15 is 0 Å². The van der Waals surface area contributed by atoms with E-state index in [1.807, 2.05) is 56.3 Å². The molecule has 0 saturated heterocycles. The smallest absolute Gasteiger partial charge is 0.242 e. The van der Waals surface area contributed by atoms with Crippen LogP contribution in [0.2, 0.25) is 0 Å². The molecule has 1 aliphatic heterocycles. The molecule has 2 aromatic carbocycles. The molecular weight excluding hydrogens is 420 g/mol. The minimum Gasteiger partial charge on any atom is -0.497 e. The minimum atomic E-state index is -0.589. The van der Waals surface area contributed by atoms with Crippen LogP contribution in [-0.4, -0.2) is 49.1 Å². The lowest BCUT2D eigenvalue weighted by Crippen LogP contribution is -2.49. The maximum absolute atomic E-state index is 13.3. The van der Waals surface area contributed by atoms with Crippen molar-refractivity contribution in [3.8, 4) is 17.2 Å². The van der Waals surface area contributed by atoms with Gasteiger partial charge in [-0.25, -0.2) is 0 Å². The first kappa shape index (κ1) is 24.4. The highest BCUT2D eigenvalue weighted by Crippen LogP contribution is 2.31. The van der Waals surface area contributed by atoms with Gasteiger partial charge >= 0.3 is 0 Å². The van der Waals surface area contributed by atoms with Crippen LogP contribution in [0.15, 0.2) is 42.5 Å². The molecular formula is C26H34N2O5. The van der Waals surface area contributed by atoms with Gasteiger partial charge in [0.1, 0.15) is 25.0 Å². The Morgan fingerprint density at radius 1 is 1.03 bits per heavy atom. The largest absolute Gasteiger partial charge is 0.497 e. The van der Waals surface area contributed by atoms with Crippen LogP contribution in [0.5, 0.6) is 17.2 Å². The molecule has 33 heavy (non-hydrogen) atoms. The molecule has 2 aromatic rings. The number of nitrogens with one attached hydrogen (secondary N) is 1. The SMILES string of the molecule is CC[C@H](C)NC(=O)[C@@H](C)N(Cc1ccc(OC)cc1)C(=O)CCc1ccc2c(c1)OCCO2. The second kappa shape index (κ2) is 11.6. The molecule has 1 N–H and O–H groups in total. The topological polar surface area (TPSA) is 77.1 Å². The number of carbonyl (C=O) groups is 2. The van der Waals surface area contributed by atoms with Crippen LogP contribution < -0.4 is 19.5 Å². The number of carbonyl (C=O) groups excluding carboxylic acids is 2. The first-order chi connectivity index (χ1) is 15.9. The van der Waals surface area contributed by atoms with E-state index in [2.05, 4.69) is 5.32 Å². The van der Waals surface area contributed by atoms with Gasteiger partial charge in [0.05, 0.1) is 7.11 Å². The number of fused-ring (bicyclic) bond motifs is 1. The quantitative estimate of drug-likeness (QED) is 0.592. The van der Waals surface area contributed by atoms with Gasteiger partial charge in [-0.2, -0.15) is 0 Å². The number of hydrogen-bond acceptors (Lipinski definition) is 5. The Kier molecular flexibility index (Phi) is 8.58. The molecule has 178 valence electrons. The predicted molar refractivity (Wildman–Crippen MR) is 127 cm³/mol. The summed E-state index contributed by atoms with van der Waals surface area (Å²) >= 11 is 0. The van der Waals surface area contributed by atoms with E-state index in [-0.39, 0.29) is 24.3 Å². The van der Waals surface area contributed by atoms with Crippen LogP contribution in [0.1, 0.15) is 44.7 Å². The molecule has 0 radical (unpaired) electrons. The number of hydrogen-bond donors (Lipinski definition) is 1. The van der Waals surface area contributed by atoms with E-state index in [1.165, 1.54) is 0 Å². The summed E-state index contributed by atoms with van der Waals surface area (Å²) in [6.07, 6.45) is 1.67. The third-order valence-electron chi connectivity index (χ3n) is 5.91. The van der Waals surface area contributed by atoms with E-state index in [9.17, 15) is 9.59 Å². The van der Waals surface area contributed by atoms with Crippen molar-refractivity contribution in [2.24, 2.45) is 0 Å². The van der Waals surface area contributed by atoms with E-state index in [1.54, 1.807) is 18.9 Å². The zero-order chi connectivity index (χ0) is 23.8. The second-order valence-corrected chi connectivity index (χ2v) is 8.34. The second-order valence-electron chi connectivity index (χ2n) is 8.34. The first-order valence-electron chi connectivity index (χ1n) is 11.5. The van der Waals surface area contributed by atoms with E-state index in [4.69, 9.17) is 14.2 Å². The molecule has 0 aliphatic carbocycles. The molecule has 2 amide bonds. The van der Waals surface area contributed by atoms with Crippen LogP contribution in [0.4, 0.5) is 0 Å². The molecule has 1 heterocycles. The lowest BCUT2D eigenvalue weighted by Gasteiger charge is -2.30. The molecule has 0 fully saturated rings. The van der Waals surface area contributed by atoms with Crippen molar-refractivity contribution in [3.63, 3.8) is 0 Å². The molecule has 7 nitrogen and oxygen atoms in total. The number of rotatable bonds is 10. The van der Waals surface area contributed by atoms with Crippen molar-refractivity contribution in [2.75, 3.05) is 20.3 Å². The number of amides is 2. The van der Waals surface area contributed by atoms with Crippen molar-refractivity contribution in [1.82, 2.24) is 10.2 Å². The zero-order valence-corrected chi connectivity index (χ0v) is 19.9. The highest BCUT2D eigenvalue weighted by atomic mass is 16.6. The Labute approximate surface area is 196 Å². The molecule has 1 aliphatic rings. The summed E-state index contributed by atoms with van der Waals surface area (Å²) in [7, 11) is 1.62. The Balaban J connectivity index is 1.72. The van der Waals surface area contributed by atoms with Crippen LogP contribution in [0, 0.1) is 0 Å². The van der Waals surface area contributed by atoms with Crippen molar-refractivity contribution < 1.29 is 23.8 Å². The van der Waals surface area contributed by atoms with E-state index < -0.39 is 6.04 Å². The van der Waals surface area contributed by atoms with Crippen LogP contribution >= 0.6 is 0 Å². The van der Waals surface area contributed by atoms with Gasteiger partial charge in [-0.15, -0.1) is 0 Å². The molecule has 3 rings (SSSR count). The lowest BCUT2D eigenvalue weighted by molar-refractivity contribution is -0.140. The average molecular weight is 455 g/mol. The van der Waals surface area contributed by atoms with Gasteiger partial charge in [0.25, 0.3) is 0 Å². The Bertz CT molecular complexity index is 944. The fraction of sp³-hybridized carbons (Fsp3) is 0.462. The predicted octanol–water partition coefficient (Wildman–Crippen LogP) is 3.73. The molecule has 7 heteroatoms. The summed E-state index contributed by atoms with van der Waals surface area (Å²) in [5.41, 5.74) is 1.93. The number of ether oxygens (including phenoxy) is 3. The Morgan fingerprint density at radius 3 is 2.36 bits per heavy atom. The number of methoxy groups -OCH3 is 1. The number of benzene rings is 2. The Morgan fingerprint density at radius 2 is 1.70 bits per heavy atom. The standard InChI is InChI=1S/C26H34N2O5/c1-5-18(2)27-26(30)19(3)28(17-21-6-10-22(31-4)11-7-21)25(29)13-9-20-8-12-23-24(16-20)33-15-14-32-23/h6-8,10-12,16,18-19H,5,9,13-15,17H2,1-4H3,(H,27,30)/t18-,19+/m0/s1. The minimum absolute atomic E-state index is 0.0515. The maximum atomic E-state index is 13.3. The third kappa shape index (κ3) is 6.63. The van der Waals surface area contributed by atoms with Crippen molar-refractivity contribution in [3.05, 3.63) is 53.6 Å². The van der Waals surface area contributed by atoms with Gasteiger partial charge in [-0.1, -0.05) is 25.1 Å². The lowest BCUT2D eigenvalue weighted by atomic mass is 10.1. The highest BCUT2D eigenvalue weighted by Gasteiger charge is 2.26. The van der Waals surface area contributed by atoms with Crippen LogP contribution in [0.25, 0.3) is 0 Å². The summed E-state index contributed by atoms with van der Waals surface area (Å²) in [5, 5.41) is 2.99. The van der Waals surface area contributed by atoms with E-state index in [0.717, 1.165) is 29.0 Å². The van der Waals surface area contributed by atoms with Gasteiger partial charge in [-0.3, -0.25) is 9.59 Å². The molecule has 0 unspecified atom stereocenters. The Hall–Kier alpha value is -3.22. The third-order valence-corrected chi connectivity index (χ3v) is 5.91. The number of aryl methyl sites for hydroxylation is 1. The number of nitrogens with zero attached hydrogens (tertiary/aromatic N) is 1. The van der Waals surface area contributed by atoms with Crippen molar-refractivity contribution >= 4 is 11.8 Å². The summed E-state index contributed by atoms with van der Waals surface area (Å²) in [6, 6.07) is 12.8. The maximum Gasteiger partial charge on any atom is 0.242 e. The van der Waals surface area contributed by atoms with E-state index in [0.29, 0.717) is 31.9 Å². The fourth-order valence-electron chi connectivity index (χ4n) is 3.61. The summed E-state index contributed by atoms with van der Waals surface area (Å²) in [6.45, 7) is 7.17. The summed E-state index contributed by atoms with van der Waals surface area (Å²) in [5.74, 6) is 1.96. The summed E-state index contributed by atoms with van der Waals surface area (Å²) < 4.78 is 16.4. The van der Waals surface area contributed by atoms with Crippen molar-refractivity contribution in [1.29, 1.82) is 0 Å². The summed E-state index contributed by atoms with van der Waals surface area (Å²) in [4.78, 5) is 27.8. The fourth-order valence-corrected chi connectivity index (χ4v) is 3.61. The van der Waals surface area contributed by atoms with Gasteiger partial charge < -0.3 is 24.4 Å². The van der Waals surface area contributed by atoms with Crippen LogP contribution in [0.3, 0.4) is 0 Å². The molecule has 0 aromatic heterocycles. The average Bonchev–Trinajstić information content (AvgIpc) is 2.85. The van der Waals surface area contributed by atoms with Gasteiger partial charge in [0.2, 0.25) is 11.8 Å². The molecule has 2 atom stereocenters. The zero-order valence-electron chi connectivity index (χ0n) is 19.9. The van der Waals surface area contributed by atoms with Crippen LogP contribution in [-0.2, 0) is 22.6 Å². The molecule has 0 saturated carbocycles. The van der Waals surface area contributed by atoms with Gasteiger partial charge in [0, 0.05) is 19.0 Å².